The summed E-state index contributed by atoms with van der Waals surface area (Å²) in [7, 11) is 1.37. The van der Waals surface area contributed by atoms with Crippen LogP contribution < -0.4 is 10.9 Å². The topological polar surface area (TPSA) is 101 Å². The third-order valence-corrected chi connectivity index (χ3v) is 8.58. The van der Waals surface area contributed by atoms with Gasteiger partial charge in [0.25, 0.3) is 5.56 Å². The maximum atomic E-state index is 12.5. The molecule has 1 saturated carbocycles. The molecule has 168 valence electrons. The summed E-state index contributed by atoms with van der Waals surface area (Å²) in [6.45, 7) is 2.17. The fourth-order valence-electron chi connectivity index (χ4n) is 4.61. The van der Waals surface area contributed by atoms with Gasteiger partial charge in [0.2, 0.25) is 5.91 Å². The monoisotopic (exact) mass is 463 g/mol. The van der Waals surface area contributed by atoms with Crippen molar-refractivity contribution in [2.24, 2.45) is 5.92 Å². The highest BCUT2D eigenvalue weighted by molar-refractivity contribution is 7.98. The number of hydrogen-bond donors (Lipinski definition) is 2. The Morgan fingerprint density at radius 1 is 1.32 bits per heavy atom. The van der Waals surface area contributed by atoms with E-state index in [1.165, 1.54) is 17.6 Å². The summed E-state index contributed by atoms with van der Waals surface area (Å²) < 4.78 is 4.98. The SMILES string of the molecule is COC(=O)C1(NC(=O)CCSCc2nc3sc4c(c3c(=O)[nH]2)CCC4)CCC(C)CC1. The standard InChI is InChI=1S/C22H29N3O4S2/c1-13-6-9-22(10-7-13,21(28)29-2)25-17(26)8-11-30-12-16-23-19(27)18-14-4-3-5-15(14)31-20(18)24-16/h13H,3-12H2,1-2H3,(H,25,26)(H,23,24,27). The average Bonchev–Trinajstić information content (AvgIpc) is 3.33. The first-order valence-electron chi connectivity index (χ1n) is 10.9. The second kappa shape index (κ2) is 9.32. The number of H-pyrrole nitrogens is 1. The molecule has 0 radical (unpaired) electrons. The van der Waals surface area contributed by atoms with E-state index in [1.807, 2.05) is 0 Å². The van der Waals surface area contributed by atoms with E-state index in [1.54, 1.807) is 23.1 Å². The van der Waals surface area contributed by atoms with Gasteiger partial charge in [-0.15, -0.1) is 11.3 Å². The third kappa shape index (κ3) is 4.67. The lowest BCUT2D eigenvalue weighted by Gasteiger charge is -2.37. The lowest BCUT2D eigenvalue weighted by atomic mass is 9.77. The Labute approximate surface area is 189 Å². The van der Waals surface area contributed by atoms with Gasteiger partial charge in [0.05, 0.1) is 18.2 Å². The summed E-state index contributed by atoms with van der Waals surface area (Å²) in [5.41, 5.74) is 0.242. The normalized spacial score (nSPS) is 23.0. The predicted octanol–water partition coefficient (Wildman–Crippen LogP) is 3.33. The zero-order valence-electron chi connectivity index (χ0n) is 18.0. The van der Waals surface area contributed by atoms with Crippen molar-refractivity contribution in [1.82, 2.24) is 15.3 Å². The van der Waals surface area contributed by atoms with Crippen LogP contribution in [0.1, 0.15) is 61.7 Å². The molecule has 9 heteroatoms. The second-order valence-electron chi connectivity index (χ2n) is 8.66. The number of carbonyl (C=O) groups excluding carboxylic acids is 2. The summed E-state index contributed by atoms with van der Waals surface area (Å²) >= 11 is 3.19. The second-order valence-corrected chi connectivity index (χ2v) is 10.8. The highest BCUT2D eigenvalue weighted by Gasteiger charge is 2.43. The molecular formula is C22H29N3O4S2. The molecule has 0 spiro atoms. The van der Waals surface area contributed by atoms with Crippen LogP contribution in [-0.4, -0.2) is 40.2 Å². The molecule has 31 heavy (non-hydrogen) atoms. The molecule has 0 aliphatic heterocycles. The Balaban J connectivity index is 1.31. The van der Waals surface area contributed by atoms with Crippen molar-refractivity contribution in [3.8, 4) is 0 Å². The molecule has 2 N–H and O–H groups in total. The number of esters is 1. The van der Waals surface area contributed by atoms with E-state index in [-0.39, 0.29) is 17.4 Å². The van der Waals surface area contributed by atoms with Crippen LogP contribution in [0.15, 0.2) is 4.79 Å². The van der Waals surface area contributed by atoms with Gasteiger partial charge in [0.1, 0.15) is 16.2 Å². The van der Waals surface area contributed by atoms with Crippen LogP contribution in [0, 0.1) is 5.92 Å². The zero-order chi connectivity index (χ0) is 22.0. The molecule has 2 heterocycles. The number of aromatic amines is 1. The molecule has 0 bridgehead atoms. The van der Waals surface area contributed by atoms with Gasteiger partial charge in [0, 0.05) is 17.1 Å². The number of aryl methyl sites for hydroxylation is 2. The quantitative estimate of drug-likeness (QED) is 0.482. The van der Waals surface area contributed by atoms with Crippen molar-refractivity contribution in [3.05, 3.63) is 26.6 Å². The van der Waals surface area contributed by atoms with Gasteiger partial charge in [-0.25, -0.2) is 9.78 Å². The molecule has 7 nitrogen and oxygen atoms in total. The van der Waals surface area contributed by atoms with E-state index >= 15 is 0 Å². The Kier molecular flexibility index (Phi) is 6.71. The van der Waals surface area contributed by atoms with Gasteiger partial charge < -0.3 is 15.0 Å². The summed E-state index contributed by atoms with van der Waals surface area (Å²) in [5, 5.41) is 3.72. The number of nitrogens with zero attached hydrogens (tertiary/aromatic N) is 1. The summed E-state index contributed by atoms with van der Waals surface area (Å²) in [5.74, 6) is 1.84. The van der Waals surface area contributed by atoms with Crippen LogP contribution in [0.2, 0.25) is 0 Å². The molecule has 0 saturated heterocycles. The smallest absolute Gasteiger partial charge is 0.331 e. The summed E-state index contributed by atoms with van der Waals surface area (Å²) in [4.78, 5) is 47.1. The van der Waals surface area contributed by atoms with Crippen LogP contribution in [-0.2, 0) is 32.9 Å². The average molecular weight is 464 g/mol. The van der Waals surface area contributed by atoms with Gasteiger partial charge in [-0.2, -0.15) is 11.8 Å². The highest BCUT2D eigenvalue weighted by Crippen LogP contribution is 2.35. The van der Waals surface area contributed by atoms with Gasteiger partial charge in [-0.05, 0) is 56.4 Å². The first-order valence-corrected chi connectivity index (χ1v) is 12.9. The molecule has 2 aromatic heterocycles. The zero-order valence-corrected chi connectivity index (χ0v) is 19.7. The Bertz CT molecular complexity index is 1040. The minimum atomic E-state index is -0.888. The molecular weight excluding hydrogens is 434 g/mol. The van der Waals surface area contributed by atoms with Gasteiger partial charge >= 0.3 is 5.97 Å². The molecule has 1 fully saturated rings. The maximum Gasteiger partial charge on any atom is 0.331 e. The number of amides is 1. The Morgan fingerprint density at radius 3 is 2.84 bits per heavy atom. The van der Waals surface area contributed by atoms with Crippen LogP contribution in [0.5, 0.6) is 0 Å². The molecule has 4 rings (SSSR count). The van der Waals surface area contributed by atoms with E-state index < -0.39 is 5.54 Å². The van der Waals surface area contributed by atoms with Crippen molar-refractivity contribution >= 4 is 45.2 Å². The highest BCUT2D eigenvalue weighted by atomic mass is 32.2. The fourth-order valence-corrected chi connectivity index (χ4v) is 6.69. The van der Waals surface area contributed by atoms with Crippen LogP contribution in [0.25, 0.3) is 10.2 Å². The third-order valence-electron chi connectivity index (χ3n) is 6.42. The summed E-state index contributed by atoms with van der Waals surface area (Å²) in [6.07, 6.45) is 6.47. The first kappa shape index (κ1) is 22.3. The number of hydrogen-bond acceptors (Lipinski definition) is 7. The first-order chi connectivity index (χ1) is 14.9. The number of aromatic nitrogens is 2. The predicted molar refractivity (Wildman–Crippen MR) is 124 cm³/mol. The number of fused-ring (bicyclic) bond motifs is 3. The molecule has 2 aliphatic rings. The van der Waals surface area contributed by atoms with Crippen molar-refractivity contribution in [2.45, 2.75) is 69.6 Å². The number of thioether (sulfide) groups is 1. The van der Waals surface area contributed by atoms with Gasteiger partial charge in [-0.1, -0.05) is 6.92 Å². The number of nitrogens with one attached hydrogen (secondary N) is 2. The number of rotatable bonds is 7. The molecule has 1 amide bonds. The van der Waals surface area contributed by atoms with E-state index in [9.17, 15) is 14.4 Å². The lowest BCUT2D eigenvalue weighted by molar-refractivity contribution is -0.153. The van der Waals surface area contributed by atoms with Crippen LogP contribution in [0.3, 0.4) is 0 Å². The van der Waals surface area contributed by atoms with Crippen LogP contribution in [0.4, 0.5) is 0 Å². The van der Waals surface area contributed by atoms with E-state index in [0.29, 0.717) is 42.5 Å². The number of thiophene rings is 1. The van der Waals surface area contributed by atoms with E-state index in [4.69, 9.17) is 4.74 Å². The van der Waals surface area contributed by atoms with Crippen molar-refractivity contribution in [3.63, 3.8) is 0 Å². The lowest BCUT2D eigenvalue weighted by Crippen LogP contribution is -2.56. The molecule has 0 unspecified atom stereocenters. The number of carbonyl (C=O) groups is 2. The van der Waals surface area contributed by atoms with Gasteiger partial charge in [0.15, 0.2) is 0 Å². The minimum Gasteiger partial charge on any atom is -0.467 e. The Hall–Kier alpha value is -1.87. The molecule has 0 aromatic carbocycles. The molecule has 2 aromatic rings. The minimum absolute atomic E-state index is 0.0516. The van der Waals surface area contributed by atoms with E-state index in [0.717, 1.165) is 42.3 Å². The van der Waals surface area contributed by atoms with E-state index in [2.05, 4.69) is 22.2 Å². The summed E-state index contributed by atoms with van der Waals surface area (Å²) in [6, 6.07) is 0. The largest absolute Gasteiger partial charge is 0.467 e. The van der Waals surface area contributed by atoms with Crippen molar-refractivity contribution in [1.29, 1.82) is 0 Å². The van der Waals surface area contributed by atoms with Crippen molar-refractivity contribution in [2.75, 3.05) is 12.9 Å². The number of ether oxygens (including phenoxy) is 1. The maximum absolute atomic E-state index is 12.5. The fraction of sp³-hybridized carbons (Fsp3) is 0.636. The molecule has 2 aliphatic carbocycles. The number of methoxy groups -OCH3 is 1. The Morgan fingerprint density at radius 2 is 2.10 bits per heavy atom. The molecule has 0 atom stereocenters. The van der Waals surface area contributed by atoms with Crippen LogP contribution >= 0.6 is 23.1 Å². The van der Waals surface area contributed by atoms with Crippen molar-refractivity contribution < 1.29 is 14.3 Å². The van der Waals surface area contributed by atoms with Gasteiger partial charge in [-0.3, -0.25) is 9.59 Å².